The minimum atomic E-state index is -2.17. The SMILES string of the molecule is COc1cc(O[Si](C)(C)C(C)(C)C)c(CBr)c(C(=O)OCc2ccc([N+](=O)[O-])cc2)c1C. The van der Waals surface area contributed by atoms with Gasteiger partial charge in [0.25, 0.3) is 5.69 Å². The van der Waals surface area contributed by atoms with Crippen molar-refractivity contribution in [2.75, 3.05) is 7.11 Å². The Morgan fingerprint density at radius 2 is 1.75 bits per heavy atom. The highest BCUT2D eigenvalue weighted by Crippen LogP contribution is 2.42. The van der Waals surface area contributed by atoms with Crippen LogP contribution in [0.2, 0.25) is 18.1 Å². The van der Waals surface area contributed by atoms with Gasteiger partial charge in [0, 0.05) is 34.7 Å². The molecule has 0 aliphatic carbocycles. The van der Waals surface area contributed by atoms with Crippen LogP contribution in [0.25, 0.3) is 0 Å². The number of carbonyl (C=O) groups is 1. The lowest BCUT2D eigenvalue weighted by atomic mass is 10.0. The van der Waals surface area contributed by atoms with Crippen LogP contribution in [0.4, 0.5) is 5.69 Å². The molecule has 2 aromatic rings. The molecule has 9 heteroatoms. The van der Waals surface area contributed by atoms with Gasteiger partial charge in [-0.05, 0) is 42.8 Å². The predicted octanol–water partition coefficient (Wildman–Crippen LogP) is 6.55. The molecular weight excluding hydrogens is 494 g/mol. The molecule has 0 bridgehead atoms. The molecule has 0 aromatic heterocycles. The molecule has 0 unspecified atom stereocenters. The number of esters is 1. The molecule has 174 valence electrons. The van der Waals surface area contributed by atoms with Crippen molar-refractivity contribution in [1.82, 2.24) is 0 Å². The van der Waals surface area contributed by atoms with Crippen molar-refractivity contribution in [2.45, 2.75) is 57.8 Å². The zero-order chi connectivity index (χ0) is 24.3. The number of hydrogen-bond donors (Lipinski definition) is 0. The molecule has 0 N–H and O–H groups in total. The average Bonchev–Trinajstić information content (AvgIpc) is 2.71. The van der Waals surface area contributed by atoms with Gasteiger partial charge in [0.05, 0.1) is 17.6 Å². The number of alkyl halides is 1. The second-order valence-electron chi connectivity index (χ2n) is 9.05. The summed E-state index contributed by atoms with van der Waals surface area (Å²) in [5.74, 6) is 0.651. The minimum absolute atomic E-state index is 0.00632. The molecule has 32 heavy (non-hydrogen) atoms. The number of rotatable bonds is 8. The van der Waals surface area contributed by atoms with Gasteiger partial charge in [0.15, 0.2) is 0 Å². The molecule has 7 nitrogen and oxygen atoms in total. The molecule has 0 saturated heterocycles. The molecular formula is C23H30BrNO6Si. The van der Waals surface area contributed by atoms with Gasteiger partial charge in [-0.2, -0.15) is 0 Å². The standard InChI is InChI=1S/C23H30BrNO6Si/c1-15-19(29-5)12-20(31-32(6,7)23(2,3)4)18(13-24)21(15)22(26)30-14-16-8-10-17(11-9-16)25(27)28/h8-12H,13-14H2,1-7H3. The summed E-state index contributed by atoms with van der Waals surface area (Å²) in [4.78, 5) is 23.5. The molecule has 0 saturated carbocycles. The fourth-order valence-electron chi connectivity index (χ4n) is 2.86. The Morgan fingerprint density at radius 3 is 2.22 bits per heavy atom. The van der Waals surface area contributed by atoms with Crippen molar-refractivity contribution < 1.29 is 23.6 Å². The maximum absolute atomic E-state index is 13.1. The van der Waals surface area contributed by atoms with E-state index in [1.54, 1.807) is 19.2 Å². The van der Waals surface area contributed by atoms with Gasteiger partial charge in [-0.1, -0.05) is 36.7 Å². The van der Waals surface area contributed by atoms with E-state index in [0.717, 1.165) is 0 Å². The maximum Gasteiger partial charge on any atom is 0.339 e. The van der Waals surface area contributed by atoms with E-state index in [4.69, 9.17) is 13.9 Å². The molecule has 0 atom stereocenters. The summed E-state index contributed by atoms with van der Waals surface area (Å²) in [5, 5.41) is 11.2. The van der Waals surface area contributed by atoms with Crippen LogP contribution in [0.15, 0.2) is 30.3 Å². The monoisotopic (exact) mass is 523 g/mol. The van der Waals surface area contributed by atoms with Gasteiger partial charge in [0.1, 0.15) is 18.1 Å². The van der Waals surface area contributed by atoms with E-state index in [1.165, 1.54) is 12.1 Å². The molecule has 2 aromatic carbocycles. The first kappa shape index (κ1) is 25.9. The van der Waals surface area contributed by atoms with Crippen LogP contribution in [-0.2, 0) is 16.7 Å². The van der Waals surface area contributed by atoms with Crippen LogP contribution in [0.1, 0.15) is 47.8 Å². The Bertz CT molecular complexity index is 999. The summed E-state index contributed by atoms with van der Waals surface area (Å²) in [5.41, 5.74) is 2.41. The van der Waals surface area contributed by atoms with E-state index in [-0.39, 0.29) is 17.3 Å². The number of nitro groups is 1. The lowest BCUT2D eigenvalue weighted by molar-refractivity contribution is -0.384. The molecule has 0 aliphatic rings. The molecule has 0 amide bonds. The second-order valence-corrected chi connectivity index (χ2v) is 14.3. The zero-order valence-electron chi connectivity index (χ0n) is 19.6. The minimum Gasteiger partial charge on any atom is -0.543 e. The van der Waals surface area contributed by atoms with Crippen molar-refractivity contribution in [1.29, 1.82) is 0 Å². The highest BCUT2D eigenvalue weighted by molar-refractivity contribution is 9.08. The van der Waals surface area contributed by atoms with Gasteiger partial charge >= 0.3 is 5.97 Å². The highest BCUT2D eigenvalue weighted by atomic mass is 79.9. The number of benzene rings is 2. The summed E-state index contributed by atoms with van der Waals surface area (Å²) >= 11 is 3.51. The van der Waals surface area contributed by atoms with Crippen LogP contribution in [0, 0.1) is 17.0 Å². The Balaban J connectivity index is 2.40. The van der Waals surface area contributed by atoms with Crippen LogP contribution in [-0.4, -0.2) is 26.3 Å². The number of halogens is 1. The lowest BCUT2D eigenvalue weighted by Gasteiger charge is -2.37. The third-order valence-corrected chi connectivity index (χ3v) is 10.8. The first-order chi connectivity index (χ1) is 14.8. The third kappa shape index (κ3) is 5.69. The maximum atomic E-state index is 13.1. The summed E-state index contributed by atoms with van der Waals surface area (Å²) in [6.45, 7) is 12.5. The van der Waals surface area contributed by atoms with Gasteiger partial charge in [-0.15, -0.1) is 0 Å². The van der Waals surface area contributed by atoms with Gasteiger partial charge in [-0.3, -0.25) is 10.1 Å². The van der Waals surface area contributed by atoms with Crippen molar-refractivity contribution in [3.63, 3.8) is 0 Å². The summed E-state index contributed by atoms with van der Waals surface area (Å²) in [6, 6.07) is 7.74. The van der Waals surface area contributed by atoms with E-state index < -0.39 is 19.2 Å². The Kier molecular flexibility index (Phi) is 8.11. The highest BCUT2D eigenvalue weighted by Gasteiger charge is 2.40. The normalized spacial score (nSPS) is 11.8. The number of methoxy groups -OCH3 is 1. The number of hydrogen-bond acceptors (Lipinski definition) is 6. The Labute approximate surface area is 198 Å². The van der Waals surface area contributed by atoms with Gasteiger partial charge in [-0.25, -0.2) is 4.79 Å². The van der Waals surface area contributed by atoms with E-state index in [0.29, 0.717) is 39.1 Å². The average molecular weight is 524 g/mol. The van der Waals surface area contributed by atoms with Crippen LogP contribution in [0.5, 0.6) is 11.5 Å². The fraction of sp³-hybridized carbons (Fsp3) is 0.435. The quantitative estimate of drug-likeness (QED) is 0.128. The van der Waals surface area contributed by atoms with E-state index in [2.05, 4.69) is 49.8 Å². The fourth-order valence-corrected chi connectivity index (χ4v) is 4.46. The first-order valence-electron chi connectivity index (χ1n) is 10.2. The predicted molar refractivity (Wildman–Crippen MR) is 130 cm³/mol. The molecule has 0 spiro atoms. The second kappa shape index (κ2) is 10.0. The van der Waals surface area contributed by atoms with E-state index in [9.17, 15) is 14.9 Å². The molecule has 0 aliphatic heterocycles. The number of carbonyl (C=O) groups excluding carboxylic acids is 1. The van der Waals surface area contributed by atoms with Crippen molar-refractivity contribution in [3.05, 3.63) is 62.7 Å². The Hall–Kier alpha value is -2.39. The topological polar surface area (TPSA) is 87.9 Å². The molecule has 0 heterocycles. The van der Waals surface area contributed by atoms with Crippen molar-refractivity contribution in [3.8, 4) is 11.5 Å². The number of ether oxygens (including phenoxy) is 2. The third-order valence-electron chi connectivity index (χ3n) is 5.85. The molecule has 0 fully saturated rings. The van der Waals surface area contributed by atoms with Gasteiger partial charge < -0.3 is 13.9 Å². The first-order valence-corrected chi connectivity index (χ1v) is 14.2. The number of non-ortho nitro benzene ring substituents is 1. The van der Waals surface area contributed by atoms with Crippen LogP contribution >= 0.6 is 15.9 Å². The van der Waals surface area contributed by atoms with E-state index >= 15 is 0 Å². The van der Waals surface area contributed by atoms with Crippen LogP contribution < -0.4 is 9.16 Å². The summed E-state index contributed by atoms with van der Waals surface area (Å²) in [7, 11) is -0.620. The smallest absolute Gasteiger partial charge is 0.339 e. The van der Waals surface area contributed by atoms with Gasteiger partial charge in [0.2, 0.25) is 8.32 Å². The number of nitrogens with zero attached hydrogens (tertiary/aromatic N) is 1. The van der Waals surface area contributed by atoms with Crippen LogP contribution in [0.3, 0.4) is 0 Å². The Morgan fingerprint density at radius 1 is 1.16 bits per heavy atom. The molecule has 0 radical (unpaired) electrons. The number of nitro benzene ring substituents is 1. The van der Waals surface area contributed by atoms with E-state index in [1.807, 2.05) is 13.0 Å². The zero-order valence-corrected chi connectivity index (χ0v) is 22.2. The summed E-state index contributed by atoms with van der Waals surface area (Å²) < 4.78 is 17.6. The summed E-state index contributed by atoms with van der Waals surface area (Å²) in [6.07, 6.45) is 0. The molecule has 2 rings (SSSR count). The lowest BCUT2D eigenvalue weighted by Crippen LogP contribution is -2.44. The van der Waals surface area contributed by atoms with Crippen molar-refractivity contribution in [2.24, 2.45) is 0 Å². The largest absolute Gasteiger partial charge is 0.543 e. The van der Waals surface area contributed by atoms with Crippen molar-refractivity contribution >= 4 is 35.9 Å².